The highest BCUT2D eigenvalue weighted by Crippen LogP contribution is 2.31. The molecule has 0 saturated heterocycles. The molecule has 1 rings (SSSR count). The third-order valence-corrected chi connectivity index (χ3v) is 6.36. The topological polar surface area (TPSA) is 66.4 Å². The molecule has 0 aromatic carbocycles. The van der Waals surface area contributed by atoms with Gasteiger partial charge in [-0.1, -0.05) is 32.4 Å². The van der Waals surface area contributed by atoms with Crippen molar-refractivity contribution in [3.8, 4) is 0 Å². The number of aliphatic hydroxyl groups excluding tert-OH is 1. The van der Waals surface area contributed by atoms with Crippen LogP contribution < -0.4 is 4.72 Å². The Balaban J connectivity index is 3.00. The molecule has 19 heavy (non-hydrogen) atoms. The normalized spacial score (nSPS) is 14.6. The number of aliphatic hydroxyl groups is 1. The molecule has 0 fully saturated rings. The summed E-state index contributed by atoms with van der Waals surface area (Å²) in [6.07, 6.45) is 0.376. The largest absolute Gasteiger partial charge is 0.396 e. The Bertz CT molecular complexity index is 512. The molecule has 7 heteroatoms. The maximum absolute atomic E-state index is 12.3. The fourth-order valence-corrected chi connectivity index (χ4v) is 4.81. The maximum Gasteiger partial charge on any atom is 0.250 e. The highest BCUT2D eigenvalue weighted by Gasteiger charge is 2.30. The van der Waals surface area contributed by atoms with Crippen molar-refractivity contribution in [2.24, 2.45) is 5.41 Å². The molecule has 0 bridgehead atoms. The van der Waals surface area contributed by atoms with Crippen molar-refractivity contribution in [2.45, 2.75) is 44.4 Å². The van der Waals surface area contributed by atoms with Gasteiger partial charge in [0, 0.05) is 12.6 Å². The summed E-state index contributed by atoms with van der Waals surface area (Å²) in [5.41, 5.74) is 0.479. The average Bonchev–Trinajstić information content (AvgIpc) is 2.58. The minimum atomic E-state index is -3.59. The van der Waals surface area contributed by atoms with E-state index in [4.69, 9.17) is 16.7 Å². The predicted molar refractivity (Wildman–Crippen MR) is 79.3 cm³/mol. The van der Waals surface area contributed by atoms with Crippen molar-refractivity contribution in [1.29, 1.82) is 0 Å². The summed E-state index contributed by atoms with van der Waals surface area (Å²) in [7, 11) is -3.59. The standard InChI is InChI=1S/C12H20ClNO3S2/c1-8-7-10(18-11(8)13)19(16,17)14-9(5-6-15)12(2,3)4/h7,9,14-15H,5-6H2,1-4H3. The van der Waals surface area contributed by atoms with Crippen LogP contribution in [0.4, 0.5) is 0 Å². The number of sulfonamides is 1. The summed E-state index contributed by atoms with van der Waals surface area (Å²) in [6, 6.07) is 1.23. The van der Waals surface area contributed by atoms with Crippen LogP contribution >= 0.6 is 22.9 Å². The molecule has 0 aliphatic heterocycles. The number of thiophene rings is 1. The molecule has 1 heterocycles. The van der Waals surface area contributed by atoms with Crippen LogP contribution in [0.25, 0.3) is 0 Å². The van der Waals surface area contributed by atoms with E-state index >= 15 is 0 Å². The third kappa shape index (κ3) is 4.43. The zero-order valence-electron chi connectivity index (χ0n) is 11.5. The summed E-state index contributed by atoms with van der Waals surface area (Å²) in [5, 5.41) is 9.06. The second-order valence-electron chi connectivity index (χ2n) is 5.57. The fraction of sp³-hybridized carbons (Fsp3) is 0.667. The van der Waals surface area contributed by atoms with Gasteiger partial charge < -0.3 is 5.11 Å². The minimum absolute atomic E-state index is 0.0608. The molecule has 1 atom stereocenters. The SMILES string of the molecule is Cc1cc(S(=O)(=O)NC(CCO)C(C)(C)C)sc1Cl. The molecule has 0 radical (unpaired) electrons. The predicted octanol–water partition coefficient (Wildman–Crippen LogP) is 2.79. The Morgan fingerprint density at radius 3 is 2.42 bits per heavy atom. The number of halogens is 1. The molecule has 1 aromatic heterocycles. The molecule has 110 valence electrons. The second-order valence-corrected chi connectivity index (χ2v) is 9.17. The van der Waals surface area contributed by atoms with E-state index in [2.05, 4.69) is 4.72 Å². The first kappa shape index (κ1) is 16.9. The van der Waals surface area contributed by atoms with Crippen molar-refractivity contribution < 1.29 is 13.5 Å². The van der Waals surface area contributed by atoms with Crippen LogP contribution in [0.3, 0.4) is 0 Å². The number of aryl methyl sites for hydroxylation is 1. The number of nitrogens with one attached hydrogen (secondary N) is 1. The fourth-order valence-electron chi connectivity index (χ4n) is 1.61. The first-order chi connectivity index (χ1) is 8.58. The molecule has 4 nitrogen and oxygen atoms in total. The summed E-state index contributed by atoms with van der Waals surface area (Å²) >= 11 is 6.95. The Hall–Kier alpha value is -0.140. The summed E-state index contributed by atoms with van der Waals surface area (Å²) in [4.78, 5) is 0. The second kappa shape index (κ2) is 6.10. The lowest BCUT2D eigenvalue weighted by atomic mass is 9.86. The first-order valence-electron chi connectivity index (χ1n) is 5.97. The molecule has 0 spiro atoms. The van der Waals surface area contributed by atoms with Crippen LogP contribution in [-0.4, -0.2) is 26.2 Å². The Labute approximate surface area is 123 Å². The van der Waals surface area contributed by atoms with Gasteiger partial charge in [-0.2, -0.15) is 0 Å². The van der Waals surface area contributed by atoms with Crippen LogP contribution in [0.1, 0.15) is 32.8 Å². The number of rotatable bonds is 5. The van der Waals surface area contributed by atoms with Crippen molar-refractivity contribution in [2.75, 3.05) is 6.61 Å². The molecular weight excluding hydrogens is 306 g/mol. The molecule has 0 saturated carbocycles. The van der Waals surface area contributed by atoms with Gasteiger partial charge in [-0.3, -0.25) is 0 Å². The van der Waals surface area contributed by atoms with Gasteiger partial charge in [0.15, 0.2) is 0 Å². The van der Waals surface area contributed by atoms with Gasteiger partial charge in [0.25, 0.3) is 0 Å². The van der Waals surface area contributed by atoms with Gasteiger partial charge in [-0.15, -0.1) is 11.3 Å². The maximum atomic E-state index is 12.3. The van der Waals surface area contributed by atoms with E-state index in [0.717, 1.165) is 16.9 Å². The van der Waals surface area contributed by atoms with E-state index in [1.807, 2.05) is 20.8 Å². The molecular formula is C12H20ClNO3S2. The summed E-state index contributed by atoms with van der Waals surface area (Å²) < 4.78 is 27.9. The molecule has 2 N–H and O–H groups in total. The zero-order valence-corrected chi connectivity index (χ0v) is 13.9. The van der Waals surface area contributed by atoms with Gasteiger partial charge in [-0.25, -0.2) is 13.1 Å². The summed E-state index contributed by atoms with van der Waals surface area (Å²) in [6.45, 7) is 7.51. The van der Waals surface area contributed by atoms with E-state index in [0.29, 0.717) is 10.8 Å². The third-order valence-electron chi connectivity index (χ3n) is 2.86. The summed E-state index contributed by atoms with van der Waals surface area (Å²) in [5.74, 6) is 0. The number of hydrogen-bond acceptors (Lipinski definition) is 4. The molecule has 0 aliphatic carbocycles. The monoisotopic (exact) mass is 325 g/mol. The van der Waals surface area contributed by atoms with Gasteiger partial charge in [0.05, 0.1) is 4.34 Å². The number of hydrogen-bond donors (Lipinski definition) is 2. The van der Waals surface area contributed by atoms with E-state index in [1.165, 1.54) is 0 Å². The Morgan fingerprint density at radius 1 is 1.47 bits per heavy atom. The Morgan fingerprint density at radius 2 is 2.05 bits per heavy atom. The van der Waals surface area contributed by atoms with Crippen LogP contribution in [0.15, 0.2) is 10.3 Å². The quantitative estimate of drug-likeness (QED) is 0.874. The molecule has 0 aliphatic rings. The van der Waals surface area contributed by atoms with Gasteiger partial charge in [0.1, 0.15) is 4.21 Å². The van der Waals surface area contributed by atoms with Gasteiger partial charge in [0.2, 0.25) is 10.0 Å². The van der Waals surface area contributed by atoms with E-state index in [9.17, 15) is 8.42 Å². The average molecular weight is 326 g/mol. The van der Waals surface area contributed by atoms with E-state index in [-0.39, 0.29) is 22.3 Å². The van der Waals surface area contributed by atoms with Crippen molar-refractivity contribution >= 4 is 33.0 Å². The Kier molecular flexibility index (Phi) is 5.43. The first-order valence-corrected chi connectivity index (χ1v) is 8.65. The highest BCUT2D eigenvalue weighted by molar-refractivity contribution is 7.91. The van der Waals surface area contributed by atoms with Crippen molar-refractivity contribution in [3.63, 3.8) is 0 Å². The van der Waals surface area contributed by atoms with E-state index in [1.54, 1.807) is 13.0 Å². The zero-order chi connectivity index (χ0) is 14.8. The molecule has 0 amide bonds. The van der Waals surface area contributed by atoms with Crippen LogP contribution in [0.5, 0.6) is 0 Å². The molecule has 1 aromatic rings. The van der Waals surface area contributed by atoms with E-state index < -0.39 is 10.0 Å². The minimum Gasteiger partial charge on any atom is -0.396 e. The molecule has 1 unspecified atom stereocenters. The van der Waals surface area contributed by atoms with Crippen LogP contribution in [0.2, 0.25) is 4.34 Å². The highest BCUT2D eigenvalue weighted by atomic mass is 35.5. The van der Waals surface area contributed by atoms with Gasteiger partial charge in [-0.05, 0) is 30.4 Å². The lowest BCUT2D eigenvalue weighted by Crippen LogP contribution is -2.44. The smallest absolute Gasteiger partial charge is 0.250 e. The lowest BCUT2D eigenvalue weighted by Gasteiger charge is -2.30. The lowest BCUT2D eigenvalue weighted by molar-refractivity contribution is 0.214. The van der Waals surface area contributed by atoms with Crippen LogP contribution in [-0.2, 0) is 10.0 Å². The van der Waals surface area contributed by atoms with Crippen LogP contribution in [0, 0.1) is 12.3 Å². The van der Waals surface area contributed by atoms with Crippen molar-refractivity contribution in [1.82, 2.24) is 4.72 Å². The van der Waals surface area contributed by atoms with Crippen molar-refractivity contribution in [3.05, 3.63) is 16.0 Å². The van der Waals surface area contributed by atoms with Gasteiger partial charge >= 0.3 is 0 Å².